The minimum Gasteiger partial charge on any atom is -0.506 e. The fraction of sp³-hybridized carbons (Fsp3) is 0.231. The molecule has 1 aliphatic carbocycles. The van der Waals surface area contributed by atoms with Crippen molar-refractivity contribution in [2.24, 2.45) is 4.99 Å². The van der Waals surface area contributed by atoms with Gasteiger partial charge in [0.15, 0.2) is 0 Å². The molecule has 0 amide bonds. The number of nitrogens with one attached hydrogen (secondary N) is 1. The van der Waals surface area contributed by atoms with E-state index >= 15 is 0 Å². The topological polar surface area (TPSA) is 148 Å². The zero-order valence-corrected chi connectivity index (χ0v) is 19.9. The number of aliphatic hydroxyl groups is 1. The van der Waals surface area contributed by atoms with Gasteiger partial charge in [0.1, 0.15) is 5.76 Å². The Hall–Kier alpha value is -4.60. The van der Waals surface area contributed by atoms with Crippen molar-refractivity contribution < 1.29 is 19.7 Å². The van der Waals surface area contributed by atoms with Crippen LogP contribution in [0.5, 0.6) is 0 Å². The third-order valence-electron chi connectivity index (χ3n) is 7.14. The zero-order valence-electron chi connectivity index (χ0n) is 19.9. The molecule has 2 heterocycles. The standard InChI is InChI=1S/C26H22N4O6/c1-25(2)17-9-13(29(33)34)5-7-19(17)27-21(25)11-15-23(31)16(24(15)32)12-22-26(3,4)18-10-14(30(35)36)6-8-20(18)28-22/h5-12,27,31H,1-4H3/b16-12+,21-11-. The second-order valence-electron chi connectivity index (χ2n) is 10.0. The number of benzene rings is 2. The Kier molecular flexibility index (Phi) is 4.79. The number of nitro benzene ring substituents is 2. The smallest absolute Gasteiger partial charge is 0.269 e. The summed E-state index contributed by atoms with van der Waals surface area (Å²) < 4.78 is 0. The van der Waals surface area contributed by atoms with Gasteiger partial charge in [0, 0.05) is 46.5 Å². The molecule has 182 valence electrons. The molecule has 2 aromatic rings. The van der Waals surface area contributed by atoms with Crippen LogP contribution in [0.2, 0.25) is 0 Å². The number of hydrogen-bond acceptors (Lipinski definition) is 8. The average Bonchev–Trinajstić information content (AvgIpc) is 3.23. The van der Waals surface area contributed by atoms with Crippen LogP contribution in [-0.2, 0) is 15.6 Å². The van der Waals surface area contributed by atoms with E-state index in [4.69, 9.17) is 0 Å². The fourth-order valence-electron chi connectivity index (χ4n) is 4.78. The highest BCUT2D eigenvalue weighted by atomic mass is 16.6. The molecule has 2 aliphatic heterocycles. The van der Waals surface area contributed by atoms with E-state index in [-0.39, 0.29) is 34.1 Å². The molecule has 0 saturated heterocycles. The van der Waals surface area contributed by atoms with Crippen molar-refractivity contribution in [3.63, 3.8) is 0 Å². The Balaban J connectivity index is 1.47. The number of non-ortho nitro benzene ring substituents is 2. The number of aliphatic imine (C=N–C) groups is 1. The predicted molar refractivity (Wildman–Crippen MR) is 134 cm³/mol. The Morgan fingerprint density at radius 3 is 2.14 bits per heavy atom. The summed E-state index contributed by atoms with van der Waals surface area (Å²) in [5.41, 5.74) is 2.64. The largest absolute Gasteiger partial charge is 0.506 e. The third-order valence-corrected chi connectivity index (χ3v) is 7.14. The molecule has 36 heavy (non-hydrogen) atoms. The summed E-state index contributed by atoms with van der Waals surface area (Å²) in [6.45, 7) is 7.47. The molecule has 2 aromatic carbocycles. The van der Waals surface area contributed by atoms with E-state index in [1.807, 2.05) is 27.7 Å². The second-order valence-corrected chi connectivity index (χ2v) is 10.0. The van der Waals surface area contributed by atoms with E-state index in [1.165, 1.54) is 30.3 Å². The lowest BCUT2D eigenvalue weighted by atomic mass is 9.77. The molecular formula is C26H22N4O6. The molecule has 2 N–H and O–H groups in total. The van der Waals surface area contributed by atoms with Gasteiger partial charge in [-0.2, -0.15) is 0 Å². The minimum absolute atomic E-state index is 0.0249. The Labute approximate surface area is 205 Å². The van der Waals surface area contributed by atoms with Crippen LogP contribution in [0, 0.1) is 20.2 Å². The van der Waals surface area contributed by atoms with Crippen LogP contribution in [0.25, 0.3) is 0 Å². The lowest BCUT2D eigenvalue weighted by molar-refractivity contribution is -0.385. The predicted octanol–water partition coefficient (Wildman–Crippen LogP) is 5.48. The van der Waals surface area contributed by atoms with E-state index in [0.717, 1.165) is 5.56 Å². The molecule has 3 aliphatic rings. The van der Waals surface area contributed by atoms with E-state index in [9.17, 15) is 30.1 Å². The summed E-state index contributed by atoms with van der Waals surface area (Å²) in [4.78, 5) is 39.0. The summed E-state index contributed by atoms with van der Waals surface area (Å²) in [6, 6.07) is 8.98. The number of carbonyl (C=O) groups excluding carboxylic acids is 1. The first-order chi connectivity index (χ1) is 16.8. The number of carbonyl (C=O) groups is 1. The maximum Gasteiger partial charge on any atom is 0.269 e. The quantitative estimate of drug-likeness (QED) is 0.330. The van der Waals surface area contributed by atoms with Crippen molar-refractivity contribution in [2.45, 2.75) is 38.5 Å². The number of aliphatic hydroxyl groups excluding tert-OH is 1. The van der Waals surface area contributed by atoms with Gasteiger partial charge in [-0.15, -0.1) is 0 Å². The number of hydrogen-bond donors (Lipinski definition) is 2. The third kappa shape index (κ3) is 3.25. The van der Waals surface area contributed by atoms with Crippen molar-refractivity contribution in [1.29, 1.82) is 0 Å². The highest BCUT2D eigenvalue weighted by Crippen LogP contribution is 2.47. The van der Waals surface area contributed by atoms with Gasteiger partial charge in [0.25, 0.3) is 11.4 Å². The van der Waals surface area contributed by atoms with Crippen LogP contribution in [0.3, 0.4) is 0 Å². The van der Waals surface area contributed by atoms with E-state index in [1.54, 1.807) is 18.2 Å². The molecule has 0 saturated carbocycles. The summed E-state index contributed by atoms with van der Waals surface area (Å²) in [5.74, 6) is -0.535. The molecule has 10 heteroatoms. The van der Waals surface area contributed by atoms with Gasteiger partial charge in [0.05, 0.1) is 32.4 Å². The van der Waals surface area contributed by atoms with Crippen LogP contribution >= 0.6 is 0 Å². The molecule has 5 rings (SSSR count). The molecular weight excluding hydrogens is 464 g/mol. The maximum absolute atomic E-state index is 13.0. The Bertz CT molecular complexity index is 1540. The molecule has 0 bridgehead atoms. The summed E-state index contributed by atoms with van der Waals surface area (Å²) in [7, 11) is 0. The number of fused-ring (bicyclic) bond motifs is 2. The van der Waals surface area contributed by atoms with Gasteiger partial charge in [-0.1, -0.05) is 27.7 Å². The van der Waals surface area contributed by atoms with Crippen molar-refractivity contribution in [1.82, 2.24) is 0 Å². The number of nitrogens with zero attached hydrogens (tertiary/aromatic N) is 3. The Morgan fingerprint density at radius 1 is 0.917 bits per heavy atom. The average molecular weight is 486 g/mol. The van der Waals surface area contributed by atoms with Crippen LogP contribution in [0.15, 0.2) is 76.1 Å². The fourth-order valence-corrected chi connectivity index (χ4v) is 4.78. The second kappa shape index (κ2) is 7.45. The van der Waals surface area contributed by atoms with Crippen LogP contribution in [0.4, 0.5) is 22.7 Å². The number of ketones is 1. The number of nitro groups is 2. The van der Waals surface area contributed by atoms with E-state index in [2.05, 4.69) is 10.3 Å². The van der Waals surface area contributed by atoms with Gasteiger partial charge in [-0.25, -0.2) is 0 Å². The lowest BCUT2D eigenvalue weighted by Gasteiger charge is -2.25. The van der Waals surface area contributed by atoms with Gasteiger partial charge in [0.2, 0.25) is 5.78 Å². The van der Waals surface area contributed by atoms with Gasteiger partial charge >= 0.3 is 0 Å². The summed E-state index contributed by atoms with van der Waals surface area (Å²) in [6.07, 6.45) is 3.09. The number of allylic oxidation sites excluding steroid dienone is 5. The highest BCUT2D eigenvalue weighted by Gasteiger charge is 2.41. The maximum atomic E-state index is 13.0. The summed E-state index contributed by atoms with van der Waals surface area (Å²) in [5, 5.41) is 36.3. The normalized spacial score (nSPS) is 21.1. The van der Waals surface area contributed by atoms with Crippen molar-refractivity contribution in [3.05, 3.63) is 103 Å². The SMILES string of the molecule is CC1(C)C(/C=C2/C(=O)C(/C=C3\Nc4ccc([N+](=O)[O-])cc4C3(C)C)=C2O)=Nc2ccc([N+](=O)[O-])cc21. The van der Waals surface area contributed by atoms with E-state index < -0.39 is 20.7 Å². The first-order valence-corrected chi connectivity index (χ1v) is 11.2. The van der Waals surface area contributed by atoms with Crippen molar-refractivity contribution >= 4 is 34.2 Å². The zero-order chi connectivity index (χ0) is 26.2. The van der Waals surface area contributed by atoms with Gasteiger partial charge in [-0.3, -0.25) is 30.0 Å². The minimum atomic E-state index is -0.700. The molecule has 0 radical (unpaired) electrons. The molecule has 0 aromatic heterocycles. The molecule has 10 nitrogen and oxygen atoms in total. The summed E-state index contributed by atoms with van der Waals surface area (Å²) >= 11 is 0. The van der Waals surface area contributed by atoms with Crippen molar-refractivity contribution in [2.75, 3.05) is 5.32 Å². The van der Waals surface area contributed by atoms with Crippen molar-refractivity contribution in [3.8, 4) is 0 Å². The van der Waals surface area contributed by atoms with Gasteiger partial charge in [-0.05, 0) is 35.4 Å². The van der Waals surface area contributed by atoms with Crippen LogP contribution in [0.1, 0.15) is 38.8 Å². The highest BCUT2D eigenvalue weighted by molar-refractivity contribution is 6.25. The number of anilines is 1. The first kappa shape index (κ1) is 23.2. The molecule has 0 unspecified atom stereocenters. The number of rotatable bonds is 4. The van der Waals surface area contributed by atoms with Gasteiger partial charge < -0.3 is 10.4 Å². The molecule has 0 atom stereocenters. The van der Waals surface area contributed by atoms with Crippen LogP contribution in [-0.4, -0.2) is 26.4 Å². The van der Waals surface area contributed by atoms with E-state index in [0.29, 0.717) is 28.3 Å². The van der Waals surface area contributed by atoms with Crippen LogP contribution < -0.4 is 5.32 Å². The first-order valence-electron chi connectivity index (χ1n) is 11.2. The Morgan fingerprint density at radius 2 is 1.53 bits per heavy atom. The lowest BCUT2D eigenvalue weighted by Crippen LogP contribution is -2.28. The molecule has 0 spiro atoms. The number of Topliss-reactive ketones (excluding diaryl/α,β-unsaturated/α-hetero) is 1. The monoisotopic (exact) mass is 486 g/mol. The molecule has 0 fully saturated rings.